The van der Waals surface area contributed by atoms with Gasteiger partial charge in [0.05, 0.1) is 0 Å². The van der Waals surface area contributed by atoms with Crippen molar-refractivity contribution in [3.05, 3.63) is 105 Å². The van der Waals surface area contributed by atoms with Gasteiger partial charge in [-0.2, -0.15) is 0 Å². The molecule has 0 aliphatic heterocycles. The maximum atomic E-state index is 4.11. The molecular weight excluding hydrogens is 427 g/mol. The molecule has 0 fully saturated rings. The summed E-state index contributed by atoms with van der Waals surface area (Å²) in [6.07, 6.45) is 1.72. The molecule has 0 spiro atoms. The summed E-state index contributed by atoms with van der Waals surface area (Å²) in [4.78, 5) is 0. The molecule has 2 aromatic rings. The number of benzene rings is 2. The summed E-state index contributed by atoms with van der Waals surface area (Å²) >= 11 is 2.42. The highest BCUT2D eigenvalue weighted by molar-refractivity contribution is 14.1. The summed E-state index contributed by atoms with van der Waals surface area (Å²) in [6.45, 7) is 22.4. The van der Waals surface area contributed by atoms with E-state index >= 15 is 0 Å². The number of rotatable bonds is 7. The lowest BCUT2D eigenvalue weighted by Gasteiger charge is -2.13. The molecule has 0 unspecified atom stereocenters. The summed E-state index contributed by atoms with van der Waals surface area (Å²) in [5.74, 6) is 0. The second-order valence-corrected chi connectivity index (χ2v) is 8.23. The fourth-order valence-corrected chi connectivity index (χ4v) is 3.41. The van der Waals surface area contributed by atoms with Crippen LogP contribution in [0.4, 0.5) is 0 Å². The van der Waals surface area contributed by atoms with Crippen molar-refractivity contribution >= 4 is 22.6 Å². The van der Waals surface area contributed by atoms with Crippen molar-refractivity contribution < 1.29 is 0 Å². The molecular formula is C25H27I. The average Bonchev–Trinajstić information content (AvgIpc) is 2.58. The predicted molar refractivity (Wildman–Crippen MR) is 125 cm³/mol. The maximum absolute atomic E-state index is 4.11. The number of aryl methyl sites for hydroxylation is 1. The third-order valence-electron chi connectivity index (χ3n) is 4.74. The third-order valence-corrected chi connectivity index (χ3v) is 5.75. The van der Waals surface area contributed by atoms with Gasteiger partial charge >= 0.3 is 0 Å². The van der Waals surface area contributed by atoms with Gasteiger partial charge in [0.15, 0.2) is 0 Å². The van der Waals surface area contributed by atoms with Crippen molar-refractivity contribution in [1.82, 2.24) is 0 Å². The summed E-state index contributed by atoms with van der Waals surface area (Å²) in [5, 5.41) is 0. The number of hydrogen-bond donors (Lipinski definition) is 0. The highest BCUT2D eigenvalue weighted by Gasteiger charge is 2.08. The number of halogens is 1. The average molecular weight is 454 g/mol. The van der Waals surface area contributed by atoms with E-state index in [2.05, 4.69) is 92.2 Å². The molecule has 0 saturated heterocycles. The standard InChI is InChI=1S/C25H27I/c1-16(2)18(5)12-21-8-9-22(14-20(21)7)23-10-11-24(25(26)15-23)13-19(6)17(3)4/h8-11,14-15H,1,3,5-6,12-13H2,2,4,7H3. The molecule has 0 radical (unpaired) electrons. The molecule has 134 valence electrons. The van der Waals surface area contributed by atoms with Gasteiger partial charge in [-0.1, -0.05) is 67.8 Å². The van der Waals surface area contributed by atoms with Crippen LogP contribution in [0, 0.1) is 10.5 Å². The smallest absolute Gasteiger partial charge is 0.0171 e. The number of allylic oxidation sites excluding steroid dienone is 4. The van der Waals surface area contributed by atoms with Crippen LogP contribution < -0.4 is 0 Å². The van der Waals surface area contributed by atoms with E-state index in [0.717, 1.165) is 35.1 Å². The van der Waals surface area contributed by atoms with E-state index in [4.69, 9.17) is 0 Å². The Bertz CT molecular complexity index is 821. The first kappa shape index (κ1) is 20.4. The molecule has 1 heteroatoms. The maximum Gasteiger partial charge on any atom is 0.0171 e. The zero-order valence-corrected chi connectivity index (χ0v) is 18.2. The zero-order chi connectivity index (χ0) is 19.4. The SMILES string of the molecule is C=C(C)C(=C)Cc1ccc(-c2ccc(CC(=C)C(=C)C)c(I)c2)cc1C. The zero-order valence-electron chi connectivity index (χ0n) is 16.1. The monoisotopic (exact) mass is 454 g/mol. The fraction of sp³-hybridized carbons (Fsp3) is 0.200. The van der Waals surface area contributed by atoms with E-state index < -0.39 is 0 Å². The Balaban J connectivity index is 2.26. The van der Waals surface area contributed by atoms with Gasteiger partial charge in [-0.25, -0.2) is 0 Å². The molecule has 0 atom stereocenters. The van der Waals surface area contributed by atoms with E-state index in [1.165, 1.54) is 31.4 Å². The van der Waals surface area contributed by atoms with Crippen molar-refractivity contribution in [2.24, 2.45) is 0 Å². The predicted octanol–water partition coefficient (Wildman–Crippen LogP) is 7.62. The minimum atomic E-state index is 0.856. The molecule has 0 amide bonds. The highest BCUT2D eigenvalue weighted by atomic mass is 127. The molecule has 2 aromatic carbocycles. The van der Waals surface area contributed by atoms with Crippen LogP contribution in [0.25, 0.3) is 11.1 Å². The summed E-state index contributed by atoms with van der Waals surface area (Å²) in [6, 6.07) is 13.3. The quantitative estimate of drug-likeness (QED) is 0.298. The number of hydrogen-bond acceptors (Lipinski definition) is 0. The highest BCUT2D eigenvalue weighted by Crippen LogP contribution is 2.28. The fourth-order valence-electron chi connectivity index (χ4n) is 2.71. The Morgan fingerprint density at radius 2 is 1.23 bits per heavy atom. The van der Waals surface area contributed by atoms with Gasteiger partial charge in [-0.3, -0.25) is 0 Å². The molecule has 2 rings (SSSR count). The minimum absolute atomic E-state index is 0.856. The van der Waals surface area contributed by atoms with Crippen LogP contribution in [-0.4, -0.2) is 0 Å². The Labute approximate surface area is 172 Å². The second-order valence-electron chi connectivity index (χ2n) is 7.07. The lowest BCUT2D eigenvalue weighted by Crippen LogP contribution is -1.96. The van der Waals surface area contributed by atoms with Gasteiger partial charge in [0.2, 0.25) is 0 Å². The van der Waals surface area contributed by atoms with Crippen LogP contribution in [0.3, 0.4) is 0 Å². The van der Waals surface area contributed by atoms with Crippen LogP contribution in [-0.2, 0) is 12.8 Å². The lowest BCUT2D eigenvalue weighted by atomic mass is 9.94. The second kappa shape index (κ2) is 8.68. The molecule has 0 bridgehead atoms. The van der Waals surface area contributed by atoms with Crippen molar-refractivity contribution in [3.8, 4) is 11.1 Å². The van der Waals surface area contributed by atoms with Crippen LogP contribution in [0.1, 0.15) is 30.5 Å². The topological polar surface area (TPSA) is 0 Å². The van der Waals surface area contributed by atoms with E-state index in [9.17, 15) is 0 Å². The molecule has 0 nitrogen and oxygen atoms in total. The first-order valence-electron chi connectivity index (χ1n) is 8.74. The van der Waals surface area contributed by atoms with Crippen molar-refractivity contribution in [2.75, 3.05) is 0 Å². The van der Waals surface area contributed by atoms with Crippen LogP contribution in [0.15, 0.2) is 85.0 Å². The van der Waals surface area contributed by atoms with Crippen LogP contribution in [0.5, 0.6) is 0 Å². The van der Waals surface area contributed by atoms with E-state index in [1.54, 1.807) is 0 Å². The molecule has 26 heavy (non-hydrogen) atoms. The van der Waals surface area contributed by atoms with E-state index in [1.807, 2.05) is 13.8 Å². The van der Waals surface area contributed by atoms with E-state index in [0.29, 0.717) is 0 Å². The van der Waals surface area contributed by atoms with E-state index in [-0.39, 0.29) is 0 Å². The summed E-state index contributed by atoms with van der Waals surface area (Å²) in [7, 11) is 0. The van der Waals surface area contributed by atoms with Crippen molar-refractivity contribution in [3.63, 3.8) is 0 Å². The Kier molecular flexibility index (Phi) is 6.82. The molecule has 0 saturated carbocycles. The first-order valence-corrected chi connectivity index (χ1v) is 9.82. The Morgan fingerprint density at radius 3 is 1.69 bits per heavy atom. The van der Waals surface area contributed by atoms with Gasteiger partial charge in [0.25, 0.3) is 0 Å². The molecule has 0 aliphatic rings. The van der Waals surface area contributed by atoms with Crippen molar-refractivity contribution in [2.45, 2.75) is 33.6 Å². The van der Waals surface area contributed by atoms with Gasteiger partial charge in [0.1, 0.15) is 0 Å². The largest absolute Gasteiger partial charge is 0.0958 e. The van der Waals surface area contributed by atoms with Gasteiger partial charge in [0, 0.05) is 3.57 Å². The summed E-state index contributed by atoms with van der Waals surface area (Å²) in [5.41, 5.74) is 10.7. The normalized spacial score (nSPS) is 10.5. The van der Waals surface area contributed by atoms with Crippen LogP contribution in [0.2, 0.25) is 0 Å². The minimum Gasteiger partial charge on any atom is -0.0958 e. The van der Waals surface area contributed by atoms with Gasteiger partial charge in [-0.05, 0) is 101 Å². The molecule has 0 aromatic heterocycles. The Morgan fingerprint density at radius 1 is 0.769 bits per heavy atom. The molecule has 0 aliphatic carbocycles. The van der Waals surface area contributed by atoms with Gasteiger partial charge < -0.3 is 0 Å². The Hall–Kier alpha value is -1.87. The van der Waals surface area contributed by atoms with Crippen molar-refractivity contribution in [1.29, 1.82) is 0 Å². The molecule has 0 N–H and O–H groups in total. The summed E-state index contributed by atoms with van der Waals surface area (Å²) < 4.78 is 1.26. The van der Waals surface area contributed by atoms with Crippen LogP contribution >= 0.6 is 22.6 Å². The third kappa shape index (κ3) is 5.07. The molecule has 0 heterocycles. The lowest BCUT2D eigenvalue weighted by molar-refractivity contribution is 1.13. The first-order chi connectivity index (χ1) is 12.2. The van der Waals surface area contributed by atoms with Gasteiger partial charge in [-0.15, -0.1) is 0 Å².